The number of rotatable bonds is 4. The van der Waals surface area contributed by atoms with Gasteiger partial charge in [0.1, 0.15) is 0 Å². The van der Waals surface area contributed by atoms with Crippen LogP contribution in [0, 0.1) is 0 Å². The minimum absolute atomic E-state index is 0.823. The van der Waals surface area contributed by atoms with Crippen LogP contribution in [0.25, 0.3) is 32.7 Å². The van der Waals surface area contributed by atoms with Gasteiger partial charge in [0.05, 0.1) is 22.8 Å². The number of aliphatic imine (C=N–C) groups is 4. The van der Waals surface area contributed by atoms with Gasteiger partial charge in [0.25, 0.3) is 0 Å². The fraction of sp³-hybridized carbons (Fsp3) is 0.0400. The zero-order chi connectivity index (χ0) is 35.7. The molecule has 0 radical (unpaired) electrons. The summed E-state index contributed by atoms with van der Waals surface area (Å²) in [7, 11) is 0. The molecule has 0 aromatic heterocycles. The van der Waals surface area contributed by atoms with Gasteiger partial charge in [0.15, 0.2) is 0 Å². The Bertz CT molecular complexity index is 2590. The van der Waals surface area contributed by atoms with E-state index in [1.54, 1.807) is 0 Å². The van der Waals surface area contributed by atoms with Crippen LogP contribution in [-0.4, -0.2) is 22.8 Å². The van der Waals surface area contributed by atoms with Crippen LogP contribution in [0.1, 0.15) is 33.4 Å². The van der Waals surface area contributed by atoms with Gasteiger partial charge in [0.2, 0.25) is 11.3 Å². The second-order valence-electron chi connectivity index (χ2n) is 14.1. The van der Waals surface area contributed by atoms with Gasteiger partial charge in [-0.15, -0.1) is 0 Å². The molecule has 252 valence electrons. The maximum Gasteiger partial charge on any atom is 0.227 e. The number of hydrogen-bond acceptors (Lipinski definition) is 4. The Balaban J connectivity index is 1.36. The minimum Gasteiger partial charge on any atom is -0.243 e. The highest BCUT2D eigenvalue weighted by Gasteiger charge is 2.64. The molecular formula is C50H32N4. The largest absolute Gasteiger partial charge is 0.243 e. The summed E-state index contributed by atoms with van der Waals surface area (Å²) < 4.78 is 0. The molecule has 4 nitrogen and oxygen atoms in total. The van der Waals surface area contributed by atoms with E-state index >= 15 is 0 Å². The van der Waals surface area contributed by atoms with E-state index in [1.165, 1.54) is 0 Å². The van der Waals surface area contributed by atoms with Crippen LogP contribution >= 0.6 is 0 Å². The Morgan fingerprint density at radius 3 is 0.852 bits per heavy atom. The quantitative estimate of drug-likeness (QED) is 0.177. The fourth-order valence-corrected chi connectivity index (χ4v) is 8.69. The SMILES string of the molecule is c1ccc(C2=NC3(N=C2c2ccccc2)c2ccc4ccccc4c2-c2c(ccc4ccccc24)C32N=C(c3ccccc3)C(c3ccccc3)=N2)cc1. The van der Waals surface area contributed by atoms with Gasteiger partial charge in [-0.3, -0.25) is 0 Å². The highest BCUT2D eigenvalue weighted by atomic mass is 15.3. The van der Waals surface area contributed by atoms with Crippen LogP contribution < -0.4 is 0 Å². The van der Waals surface area contributed by atoms with Crippen molar-refractivity contribution in [1.82, 2.24) is 0 Å². The molecule has 8 aromatic carbocycles. The van der Waals surface area contributed by atoms with Gasteiger partial charge in [-0.2, -0.15) is 0 Å². The topological polar surface area (TPSA) is 49.4 Å². The predicted molar refractivity (Wildman–Crippen MR) is 222 cm³/mol. The lowest BCUT2D eigenvalue weighted by Gasteiger charge is -2.44. The Labute approximate surface area is 313 Å². The molecule has 11 rings (SSSR count). The van der Waals surface area contributed by atoms with Crippen molar-refractivity contribution in [1.29, 1.82) is 0 Å². The average molecular weight is 689 g/mol. The standard InChI is InChI=1S/C50H32N4/c1-5-19-35(20-6-1)45-46(36-21-7-2-8-22-36)52-49(51-45)41-31-29-33-17-13-15-27-39(33)43(41)44-40-28-16-14-18-34(40)30-32-42(44)50(49)53-47(37-23-9-3-10-24-37)48(54-50)38-25-11-4-12-26-38/h1-32H. The maximum absolute atomic E-state index is 5.92. The molecule has 0 saturated carbocycles. The third-order valence-electron chi connectivity index (χ3n) is 11.1. The fourth-order valence-electron chi connectivity index (χ4n) is 8.69. The first-order valence-corrected chi connectivity index (χ1v) is 18.4. The lowest BCUT2D eigenvalue weighted by Crippen LogP contribution is -2.46. The van der Waals surface area contributed by atoms with E-state index in [1.807, 2.05) is 24.3 Å². The number of fused-ring (bicyclic) bond motifs is 10. The van der Waals surface area contributed by atoms with Crippen LogP contribution in [-0.2, 0) is 11.3 Å². The Morgan fingerprint density at radius 2 is 0.537 bits per heavy atom. The summed E-state index contributed by atoms with van der Waals surface area (Å²) in [6.45, 7) is 0. The summed E-state index contributed by atoms with van der Waals surface area (Å²) in [5, 5.41) is 4.62. The first-order valence-electron chi connectivity index (χ1n) is 18.4. The molecule has 0 bridgehead atoms. The molecule has 4 heteroatoms. The van der Waals surface area contributed by atoms with Crippen LogP contribution in [0.15, 0.2) is 214 Å². The van der Waals surface area contributed by atoms with Gasteiger partial charge >= 0.3 is 0 Å². The van der Waals surface area contributed by atoms with Gasteiger partial charge in [-0.25, -0.2) is 20.0 Å². The highest BCUT2D eigenvalue weighted by Crippen LogP contribution is 2.63. The zero-order valence-corrected chi connectivity index (χ0v) is 29.3. The molecular weight excluding hydrogens is 657 g/mol. The van der Waals surface area contributed by atoms with Crippen molar-refractivity contribution < 1.29 is 0 Å². The van der Waals surface area contributed by atoms with Crippen molar-refractivity contribution in [3.05, 3.63) is 228 Å². The van der Waals surface area contributed by atoms with Gasteiger partial charge in [0, 0.05) is 33.4 Å². The van der Waals surface area contributed by atoms with Gasteiger partial charge < -0.3 is 0 Å². The van der Waals surface area contributed by atoms with Crippen molar-refractivity contribution >= 4 is 44.4 Å². The van der Waals surface area contributed by atoms with Crippen molar-refractivity contribution in [2.24, 2.45) is 20.0 Å². The molecule has 3 aliphatic rings. The molecule has 0 fully saturated rings. The van der Waals surface area contributed by atoms with Gasteiger partial charge in [-0.1, -0.05) is 194 Å². The molecule has 0 saturated heterocycles. The summed E-state index contributed by atoms with van der Waals surface area (Å²) in [5.74, 6) is 0. The predicted octanol–water partition coefficient (Wildman–Crippen LogP) is 11.0. The normalized spacial score (nSPS) is 16.1. The van der Waals surface area contributed by atoms with Crippen LogP contribution in [0.4, 0.5) is 0 Å². The Morgan fingerprint density at radius 1 is 0.259 bits per heavy atom. The molecule has 2 spiro atoms. The number of hydrogen-bond donors (Lipinski definition) is 0. The van der Waals surface area contributed by atoms with Crippen LogP contribution in [0.3, 0.4) is 0 Å². The lowest BCUT2D eigenvalue weighted by molar-refractivity contribution is 0.254. The van der Waals surface area contributed by atoms with Gasteiger partial charge in [-0.05, 0) is 32.7 Å². The monoisotopic (exact) mass is 688 g/mol. The third-order valence-corrected chi connectivity index (χ3v) is 11.1. The first kappa shape index (κ1) is 30.6. The highest BCUT2D eigenvalue weighted by molar-refractivity contribution is 6.56. The van der Waals surface area contributed by atoms with Crippen molar-refractivity contribution in [2.45, 2.75) is 11.3 Å². The molecule has 0 atom stereocenters. The molecule has 0 amide bonds. The van der Waals surface area contributed by atoms with E-state index in [9.17, 15) is 0 Å². The number of nitrogens with zero attached hydrogens (tertiary/aromatic N) is 4. The average Bonchev–Trinajstić information content (AvgIpc) is 3.86. The van der Waals surface area contributed by atoms with E-state index in [4.69, 9.17) is 20.0 Å². The van der Waals surface area contributed by atoms with E-state index in [-0.39, 0.29) is 0 Å². The van der Waals surface area contributed by atoms with Crippen molar-refractivity contribution in [2.75, 3.05) is 0 Å². The van der Waals surface area contributed by atoms with E-state index in [0.717, 1.165) is 88.9 Å². The first-order chi connectivity index (χ1) is 26.7. The summed E-state index contributed by atoms with van der Waals surface area (Å²) in [6.07, 6.45) is 0. The smallest absolute Gasteiger partial charge is 0.227 e. The summed E-state index contributed by atoms with van der Waals surface area (Å²) in [4.78, 5) is 23.7. The van der Waals surface area contributed by atoms with E-state index < -0.39 is 11.3 Å². The third kappa shape index (κ3) is 4.31. The Kier molecular flexibility index (Phi) is 6.65. The summed E-state index contributed by atoms with van der Waals surface area (Å²) >= 11 is 0. The van der Waals surface area contributed by atoms with E-state index in [0.29, 0.717) is 0 Å². The second-order valence-corrected chi connectivity index (χ2v) is 14.1. The molecule has 54 heavy (non-hydrogen) atoms. The van der Waals surface area contributed by atoms with Crippen molar-refractivity contribution in [3.8, 4) is 11.1 Å². The van der Waals surface area contributed by atoms with Crippen molar-refractivity contribution in [3.63, 3.8) is 0 Å². The zero-order valence-electron chi connectivity index (χ0n) is 29.3. The summed E-state index contributed by atoms with van der Waals surface area (Å²) in [6, 6.07) is 67.9. The number of benzene rings is 8. The molecule has 2 aliphatic heterocycles. The minimum atomic E-state index is -1.30. The molecule has 0 unspecified atom stereocenters. The lowest BCUT2D eigenvalue weighted by atomic mass is 9.69. The second kappa shape index (κ2) is 11.7. The van der Waals surface area contributed by atoms with E-state index in [2.05, 4.69) is 170 Å². The molecule has 2 heterocycles. The Hall–Kier alpha value is -7.04. The molecule has 1 aliphatic carbocycles. The van der Waals surface area contributed by atoms with Crippen LogP contribution in [0.2, 0.25) is 0 Å². The van der Waals surface area contributed by atoms with Crippen LogP contribution in [0.5, 0.6) is 0 Å². The summed E-state index contributed by atoms with van der Waals surface area (Å²) in [5.41, 5.74) is 8.91. The molecule has 8 aromatic rings. The molecule has 0 N–H and O–H groups in total. The maximum atomic E-state index is 5.92.